The van der Waals surface area contributed by atoms with Crippen molar-refractivity contribution >= 4 is 56.5 Å². The van der Waals surface area contributed by atoms with Crippen molar-refractivity contribution in [2.45, 2.75) is 109 Å². The zero-order valence-electron chi connectivity index (χ0n) is 44.8. The molecule has 1 spiro atoms. The lowest BCUT2D eigenvalue weighted by atomic mass is 9.72. The highest BCUT2D eigenvalue weighted by Crippen LogP contribution is 2.44. The second kappa shape index (κ2) is 21.4. The number of nitrogens with one attached hydrogen (secondary N) is 2. The number of hydrogen-bond donors (Lipinski definition) is 4. The van der Waals surface area contributed by atoms with Crippen LogP contribution in [0.5, 0.6) is 11.8 Å². The standard InChI is InChI=1S/C59H68FN11O6S/c1-5-37-8-6-9-39-22-42(72)23-44(50(37)39)52-51(60)53-45(28-62-52)55(70-29-40-10-7-11-41(70)27-61-40)66-58(65-53)76-21-20-68-18-16-59(17-19-68)31-69(32-59)48-25-47(77-67-48)49(34(2)3)57(75)71-30-43(73)24-46(71)56(74)63-26-36-12-14-38(15-13-36)54-35(4)64-33-78-54/h6,8-9,12-15,22-23,25,28,33-34,40-41,43,46,49,61,72-73H,5,7,10-11,16-21,24,26-27,29-32H2,1-4H3,(H,63,74)/t40?,41?,43-,46+,49+/m1/s1. The maximum absolute atomic E-state index is 17.2. The predicted molar refractivity (Wildman–Crippen MR) is 298 cm³/mol. The Labute approximate surface area is 457 Å². The molecule has 2 amide bonds. The average molecular weight is 1080 g/mol. The van der Waals surface area contributed by atoms with Gasteiger partial charge in [-0.1, -0.05) is 68.4 Å². The molecule has 5 atom stereocenters. The third-order valence-electron chi connectivity index (χ3n) is 17.2. The van der Waals surface area contributed by atoms with Crippen molar-refractivity contribution in [3.63, 3.8) is 0 Å². The smallest absolute Gasteiger partial charge is 0.319 e. The van der Waals surface area contributed by atoms with Crippen molar-refractivity contribution < 1.29 is 33.5 Å². The van der Waals surface area contributed by atoms with Crippen molar-refractivity contribution in [2.75, 3.05) is 68.8 Å². The molecule has 13 rings (SSSR count). The number of aromatic nitrogens is 5. The third kappa shape index (κ3) is 10.0. The summed E-state index contributed by atoms with van der Waals surface area (Å²) >= 11 is 1.59. The predicted octanol–water partition coefficient (Wildman–Crippen LogP) is 8.00. The highest BCUT2D eigenvalue weighted by atomic mass is 32.1. The van der Waals surface area contributed by atoms with Crippen LogP contribution in [-0.4, -0.2) is 140 Å². The normalized spacial score (nSPS) is 21.7. The molecule has 17 nitrogen and oxygen atoms in total. The Hall–Kier alpha value is -6.80. The van der Waals surface area contributed by atoms with Gasteiger partial charge in [-0.3, -0.25) is 19.5 Å². The SMILES string of the molecule is CCc1cccc2cc(O)cc(-c3ncc4c(N5CC6CCCC5CN6)nc(OCCN5CCC6(CC5)CN(c5cc([C@@H](C(=O)N7C[C@H](O)C[C@H]7C(=O)NCc7ccc(-c8scnc8C)cc7)C(C)C)on5)C6)nc4c3F)c12. The van der Waals surface area contributed by atoms with E-state index in [1.54, 1.807) is 29.7 Å². The van der Waals surface area contributed by atoms with Gasteiger partial charge in [0, 0.05) is 87.6 Å². The van der Waals surface area contributed by atoms with E-state index in [-0.39, 0.29) is 65.1 Å². The first-order chi connectivity index (χ1) is 37.8. The van der Waals surface area contributed by atoms with E-state index < -0.39 is 23.9 Å². The number of thiazole rings is 1. The number of fused-ring (bicyclic) bond motifs is 6. The number of aromatic hydroxyl groups is 1. The maximum atomic E-state index is 17.2. The quantitative estimate of drug-likeness (QED) is 0.0770. The zero-order valence-corrected chi connectivity index (χ0v) is 45.6. The molecule has 0 aliphatic carbocycles. The number of piperidine rings is 1. The fraction of sp³-hybridized carbons (Fsp3) is 0.475. The Morgan fingerprint density at radius 3 is 2.63 bits per heavy atom. The molecule has 4 N–H and O–H groups in total. The second-order valence-electron chi connectivity index (χ2n) is 22.7. The van der Waals surface area contributed by atoms with Gasteiger partial charge in [0.25, 0.3) is 0 Å². The van der Waals surface area contributed by atoms with E-state index in [1.807, 2.05) is 74.8 Å². The van der Waals surface area contributed by atoms with Gasteiger partial charge in [-0.25, -0.2) is 9.37 Å². The summed E-state index contributed by atoms with van der Waals surface area (Å²) in [6.45, 7) is 14.3. The Morgan fingerprint density at radius 1 is 1.04 bits per heavy atom. The summed E-state index contributed by atoms with van der Waals surface area (Å²) in [6, 6.07) is 18.9. The number of piperazine rings is 1. The number of pyridine rings is 1. The maximum Gasteiger partial charge on any atom is 0.319 e. The molecule has 19 heteroatoms. The van der Waals surface area contributed by atoms with Gasteiger partial charge in [0.05, 0.1) is 27.6 Å². The number of ether oxygens (including phenoxy) is 1. The molecule has 10 heterocycles. The number of amides is 2. The molecule has 4 aromatic heterocycles. The minimum Gasteiger partial charge on any atom is -0.508 e. The number of halogens is 1. The van der Waals surface area contributed by atoms with E-state index in [0.29, 0.717) is 54.1 Å². The van der Waals surface area contributed by atoms with Crippen molar-refractivity contribution in [1.82, 2.24) is 45.5 Å². The van der Waals surface area contributed by atoms with Gasteiger partial charge in [0.15, 0.2) is 17.4 Å². The topological polar surface area (TPSA) is 198 Å². The first-order valence-corrected chi connectivity index (χ1v) is 28.6. The molecule has 6 aliphatic rings. The fourth-order valence-corrected chi connectivity index (χ4v) is 13.7. The number of likely N-dealkylation sites (tertiary alicyclic amines) is 2. The monoisotopic (exact) mass is 1080 g/mol. The zero-order chi connectivity index (χ0) is 53.8. The summed E-state index contributed by atoms with van der Waals surface area (Å²) in [7, 11) is 0. The number of benzene rings is 3. The summed E-state index contributed by atoms with van der Waals surface area (Å²) in [6.07, 6.45) is 6.93. The molecule has 6 aliphatic heterocycles. The molecule has 3 aromatic carbocycles. The minimum absolute atomic E-state index is 0.0388. The Morgan fingerprint density at radius 2 is 1.86 bits per heavy atom. The number of phenols is 1. The first-order valence-electron chi connectivity index (χ1n) is 27.8. The van der Waals surface area contributed by atoms with Gasteiger partial charge in [0.1, 0.15) is 41.3 Å². The highest BCUT2D eigenvalue weighted by Gasteiger charge is 2.47. The van der Waals surface area contributed by atoms with Crippen LogP contribution in [0.3, 0.4) is 0 Å². The van der Waals surface area contributed by atoms with Crippen LogP contribution in [0, 0.1) is 24.1 Å². The Bertz CT molecular complexity index is 3350. The van der Waals surface area contributed by atoms with Crippen LogP contribution >= 0.6 is 11.3 Å². The first kappa shape index (κ1) is 51.9. The lowest BCUT2D eigenvalue weighted by Gasteiger charge is -2.54. The van der Waals surface area contributed by atoms with Gasteiger partial charge < -0.3 is 44.8 Å². The number of aliphatic hydroxyl groups excluding tert-OH is 1. The molecule has 2 unspecified atom stereocenters. The lowest BCUT2D eigenvalue weighted by Crippen LogP contribution is -2.60. The van der Waals surface area contributed by atoms with E-state index in [0.717, 1.165) is 116 Å². The van der Waals surface area contributed by atoms with Crippen molar-refractivity contribution in [1.29, 1.82) is 0 Å². The van der Waals surface area contributed by atoms with E-state index in [2.05, 4.69) is 42.4 Å². The molecule has 78 heavy (non-hydrogen) atoms. The van der Waals surface area contributed by atoms with Crippen molar-refractivity contribution in [2.24, 2.45) is 11.3 Å². The van der Waals surface area contributed by atoms with Gasteiger partial charge in [-0.2, -0.15) is 9.97 Å². The molecule has 0 saturated carbocycles. The molecule has 6 saturated heterocycles. The molecule has 0 radical (unpaired) electrons. The van der Waals surface area contributed by atoms with Crippen LogP contribution in [0.15, 0.2) is 76.9 Å². The molecule has 6 fully saturated rings. The minimum atomic E-state index is -0.817. The second-order valence-corrected chi connectivity index (χ2v) is 23.5. The van der Waals surface area contributed by atoms with Crippen molar-refractivity contribution in [3.05, 3.63) is 101 Å². The molecule has 408 valence electrons. The van der Waals surface area contributed by atoms with E-state index in [9.17, 15) is 19.8 Å². The van der Waals surface area contributed by atoms with Crippen molar-refractivity contribution in [3.8, 4) is 33.5 Å². The van der Waals surface area contributed by atoms with Crippen LogP contribution in [0.25, 0.3) is 43.4 Å². The fourth-order valence-electron chi connectivity index (χ4n) is 12.9. The van der Waals surface area contributed by atoms with Crippen LogP contribution in [0.2, 0.25) is 0 Å². The summed E-state index contributed by atoms with van der Waals surface area (Å²) in [4.78, 5) is 56.4. The average Bonchev–Trinajstić information content (AvgIpc) is 4.25. The summed E-state index contributed by atoms with van der Waals surface area (Å²) in [5, 5.41) is 34.9. The van der Waals surface area contributed by atoms with Crippen LogP contribution in [-0.2, 0) is 22.6 Å². The number of hydrogen-bond acceptors (Lipinski definition) is 16. The molecule has 2 bridgehead atoms. The van der Waals surface area contributed by atoms with Gasteiger partial charge in [-0.05, 0) is 104 Å². The summed E-state index contributed by atoms with van der Waals surface area (Å²) in [5.74, 6) is -0.158. The number of aliphatic hydroxyl groups is 1. The molecular formula is C59H68FN11O6S. The summed E-state index contributed by atoms with van der Waals surface area (Å²) in [5.41, 5.74) is 6.77. The number of β-amino-alcohol motifs (C(OH)–C–C–N with tert-alkyl or cyclic N) is 1. The molecule has 7 aromatic rings. The van der Waals surface area contributed by atoms with Gasteiger partial charge >= 0.3 is 6.01 Å². The van der Waals surface area contributed by atoms with E-state index >= 15 is 4.39 Å². The van der Waals surface area contributed by atoms with Gasteiger partial charge in [0.2, 0.25) is 11.8 Å². The lowest BCUT2D eigenvalue weighted by molar-refractivity contribution is -0.141. The molecular weight excluding hydrogens is 1010 g/mol. The van der Waals surface area contributed by atoms with Crippen LogP contribution in [0.1, 0.15) is 87.8 Å². The largest absolute Gasteiger partial charge is 0.508 e. The Balaban J connectivity index is 0.677. The number of carbonyl (C=O) groups excluding carboxylic acids is 2. The van der Waals surface area contributed by atoms with E-state index in [1.165, 1.54) is 4.90 Å². The number of rotatable bonds is 15. The number of aryl methyl sites for hydroxylation is 2. The van der Waals surface area contributed by atoms with E-state index in [4.69, 9.17) is 24.2 Å². The Kier molecular flexibility index (Phi) is 14.3. The number of nitrogens with zero attached hydrogens (tertiary/aromatic N) is 9. The number of phenolic OH excluding ortho intramolecular Hbond substituents is 1. The van der Waals surface area contributed by atoms with Crippen LogP contribution in [0.4, 0.5) is 16.0 Å². The third-order valence-corrected chi connectivity index (χ3v) is 18.1. The summed E-state index contributed by atoms with van der Waals surface area (Å²) < 4.78 is 29.6. The number of anilines is 2. The number of carbonyl (C=O) groups is 2. The van der Waals surface area contributed by atoms with Gasteiger partial charge in [-0.15, -0.1) is 11.3 Å². The highest BCUT2D eigenvalue weighted by molar-refractivity contribution is 7.13. The van der Waals surface area contributed by atoms with Crippen LogP contribution < -0.4 is 25.2 Å².